The normalized spacial score (nSPS) is 22.7. The summed E-state index contributed by atoms with van der Waals surface area (Å²) in [6.07, 6.45) is 2.94. The van der Waals surface area contributed by atoms with Crippen molar-refractivity contribution in [3.8, 4) is 0 Å². The molecule has 1 aliphatic heterocycles. The zero-order chi connectivity index (χ0) is 14.7. The van der Waals surface area contributed by atoms with Gasteiger partial charge in [0, 0.05) is 12.6 Å². The maximum atomic E-state index is 12.2. The Balaban J connectivity index is 2.79. The Morgan fingerprint density at radius 2 is 2.05 bits per heavy atom. The molecule has 0 spiro atoms. The molecule has 1 unspecified atom stereocenters. The van der Waals surface area contributed by atoms with Gasteiger partial charge in [0.1, 0.15) is 5.60 Å². The van der Waals surface area contributed by atoms with Crippen molar-refractivity contribution < 1.29 is 14.3 Å². The number of nitrogens with zero attached hydrogens (tertiary/aromatic N) is 1. The second kappa shape index (κ2) is 5.96. The number of nitrogens with two attached hydrogens (primary N) is 1. The molecule has 1 heterocycles. The van der Waals surface area contributed by atoms with Crippen molar-refractivity contribution in [1.82, 2.24) is 4.90 Å². The van der Waals surface area contributed by atoms with Gasteiger partial charge in [-0.15, -0.1) is 0 Å². The molecule has 5 nitrogen and oxygen atoms in total. The van der Waals surface area contributed by atoms with Gasteiger partial charge in [0.25, 0.3) is 0 Å². The number of thioether (sulfide) groups is 1. The Labute approximate surface area is 118 Å². The number of ketones is 1. The maximum absolute atomic E-state index is 12.2. The van der Waals surface area contributed by atoms with Crippen LogP contribution >= 0.6 is 11.8 Å². The molecule has 6 heteroatoms. The smallest absolute Gasteiger partial charge is 0.416 e. The molecule has 0 aromatic heterocycles. The van der Waals surface area contributed by atoms with Crippen LogP contribution in [0.2, 0.25) is 0 Å². The van der Waals surface area contributed by atoms with Gasteiger partial charge in [-0.1, -0.05) is 25.1 Å². The first-order valence-corrected chi connectivity index (χ1v) is 7.27. The van der Waals surface area contributed by atoms with Gasteiger partial charge in [0.05, 0.1) is 0 Å². The van der Waals surface area contributed by atoms with Crippen LogP contribution in [0, 0.1) is 0 Å². The van der Waals surface area contributed by atoms with Gasteiger partial charge < -0.3 is 4.74 Å². The highest BCUT2D eigenvalue weighted by molar-refractivity contribution is 8.04. The summed E-state index contributed by atoms with van der Waals surface area (Å²) < 4.78 is 5.26. The molecular formula is C13H22N2O3S. The van der Waals surface area contributed by atoms with E-state index >= 15 is 0 Å². The fraction of sp³-hybridized carbons (Fsp3) is 0.692. The molecule has 1 amide bonds. The van der Waals surface area contributed by atoms with Gasteiger partial charge in [-0.2, -0.15) is 0 Å². The first-order valence-electron chi connectivity index (χ1n) is 6.39. The minimum atomic E-state index is -1.36. The van der Waals surface area contributed by atoms with Gasteiger partial charge in [-0.25, -0.2) is 9.69 Å². The summed E-state index contributed by atoms with van der Waals surface area (Å²) in [5.74, 6) is -0.157. The fourth-order valence-electron chi connectivity index (χ4n) is 1.59. The number of ether oxygens (including phenoxy) is 1. The van der Waals surface area contributed by atoms with Crippen LogP contribution in [0.3, 0.4) is 0 Å². The average Bonchev–Trinajstić information content (AvgIpc) is 2.67. The van der Waals surface area contributed by atoms with Crippen LogP contribution in [-0.4, -0.2) is 27.4 Å². The molecule has 0 aromatic carbocycles. The van der Waals surface area contributed by atoms with Gasteiger partial charge in [-0.05, 0) is 32.6 Å². The van der Waals surface area contributed by atoms with Crippen LogP contribution in [0.4, 0.5) is 4.79 Å². The molecule has 0 fully saturated rings. The van der Waals surface area contributed by atoms with Crippen LogP contribution in [0.5, 0.6) is 0 Å². The third-order valence-corrected chi connectivity index (χ3v) is 3.60. The van der Waals surface area contributed by atoms with E-state index in [0.717, 1.165) is 24.6 Å². The van der Waals surface area contributed by atoms with Crippen LogP contribution in [0.25, 0.3) is 0 Å². The van der Waals surface area contributed by atoms with E-state index in [0.29, 0.717) is 6.42 Å². The number of amides is 1. The Morgan fingerprint density at radius 3 is 2.58 bits per heavy atom. The van der Waals surface area contributed by atoms with Crippen LogP contribution in [0.1, 0.15) is 47.0 Å². The van der Waals surface area contributed by atoms with Gasteiger partial charge in [0.2, 0.25) is 4.99 Å². The Bertz CT molecular complexity index is 390. The monoisotopic (exact) mass is 286 g/mol. The van der Waals surface area contributed by atoms with E-state index in [9.17, 15) is 9.59 Å². The highest BCUT2D eigenvalue weighted by atomic mass is 32.2. The van der Waals surface area contributed by atoms with Gasteiger partial charge in [0.15, 0.2) is 5.78 Å². The number of hydrogen-bond acceptors (Lipinski definition) is 5. The molecule has 0 bridgehead atoms. The summed E-state index contributed by atoms with van der Waals surface area (Å²) in [4.78, 5) is 24.1. The molecule has 0 aromatic rings. The van der Waals surface area contributed by atoms with E-state index in [4.69, 9.17) is 10.5 Å². The van der Waals surface area contributed by atoms with Crippen LogP contribution in [0.15, 0.2) is 11.6 Å². The molecule has 0 saturated heterocycles. The molecule has 19 heavy (non-hydrogen) atoms. The van der Waals surface area contributed by atoms with E-state index < -0.39 is 16.7 Å². The lowest BCUT2D eigenvalue weighted by atomic mass is 10.1. The Hall–Kier alpha value is -1.01. The zero-order valence-corrected chi connectivity index (χ0v) is 12.8. The minimum Gasteiger partial charge on any atom is -0.443 e. The van der Waals surface area contributed by atoms with Gasteiger partial charge >= 0.3 is 6.09 Å². The summed E-state index contributed by atoms with van der Waals surface area (Å²) in [5, 5.41) is 1.65. The van der Waals surface area contributed by atoms with Crippen molar-refractivity contribution in [3.05, 3.63) is 11.6 Å². The molecular weight excluding hydrogens is 264 g/mol. The third kappa shape index (κ3) is 3.98. The minimum absolute atomic E-state index is 0.157. The van der Waals surface area contributed by atoms with Crippen molar-refractivity contribution in [3.63, 3.8) is 0 Å². The first kappa shape index (κ1) is 16.0. The quantitative estimate of drug-likeness (QED) is 0.860. The van der Waals surface area contributed by atoms with Crippen LogP contribution < -0.4 is 5.73 Å². The summed E-state index contributed by atoms with van der Waals surface area (Å²) in [6, 6.07) is 0. The number of carbonyl (C=O) groups is 2. The summed E-state index contributed by atoms with van der Waals surface area (Å²) in [6.45, 7) is 7.32. The standard InChI is InChI=1S/C13H22N2O3S/c1-5-6-7-10(16)13(14)15(8-9-19-13)11(17)18-12(2,3)4/h8-9H,5-7,14H2,1-4H3. The van der Waals surface area contributed by atoms with Crippen molar-refractivity contribution in [1.29, 1.82) is 0 Å². The first-order chi connectivity index (χ1) is 8.70. The third-order valence-electron chi connectivity index (χ3n) is 2.56. The van der Waals surface area contributed by atoms with E-state index in [1.165, 1.54) is 11.1 Å². The van der Waals surface area contributed by atoms with E-state index in [1.807, 2.05) is 6.92 Å². The molecule has 0 radical (unpaired) electrons. The predicted octanol–water partition coefficient (Wildman–Crippen LogP) is 2.81. The molecule has 1 atom stereocenters. The number of Topliss-reactive ketones (excluding diaryl/α,β-unsaturated/α-hetero) is 1. The molecule has 1 aliphatic rings. The maximum Gasteiger partial charge on any atom is 0.416 e. The molecule has 108 valence electrons. The van der Waals surface area contributed by atoms with Crippen LogP contribution in [-0.2, 0) is 9.53 Å². The lowest BCUT2D eigenvalue weighted by Gasteiger charge is -2.33. The van der Waals surface area contributed by atoms with E-state index in [2.05, 4.69) is 0 Å². The largest absolute Gasteiger partial charge is 0.443 e. The molecule has 0 aliphatic carbocycles. The van der Waals surface area contributed by atoms with E-state index in [-0.39, 0.29) is 5.78 Å². The summed E-state index contributed by atoms with van der Waals surface area (Å²) in [7, 11) is 0. The van der Waals surface area contributed by atoms with Gasteiger partial charge in [-0.3, -0.25) is 10.5 Å². The Morgan fingerprint density at radius 1 is 1.42 bits per heavy atom. The number of carbonyl (C=O) groups excluding carboxylic acids is 2. The fourth-order valence-corrected chi connectivity index (χ4v) is 2.46. The predicted molar refractivity (Wildman–Crippen MR) is 76.3 cm³/mol. The van der Waals surface area contributed by atoms with E-state index in [1.54, 1.807) is 26.2 Å². The average molecular weight is 286 g/mol. The highest BCUT2D eigenvalue weighted by Crippen LogP contribution is 2.35. The summed E-state index contributed by atoms with van der Waals surface area (Å²) in [5.41, 5.74) is 5.46. The lowest BCUT2D eigenvalue weighted by molar-refractivity contribution is -0.124. The molecule has 1 rings (SSSR count). The van der Waals surface area contributed by atoms with Crippen molar-refractivity contribution in [2.45, 2.75) is 57.6 Å². The Kier molecular flexibility index (Phi) is 5.04. The number of hydrogen-bond donors (Lipinski definition) is 1. The number of unbranched alkanes of at least 4 members (excludes halogenated alkanes) is 1. The molecule has 0 saturated carbocycles. The second-order valence-corrected chi connectivity index (χ2v) is 6.61. The lowest BCUT2D eigenvalue weighted by Crippen LogP contribution is -2.57. The second-order valence-electron chi connectivity index (χ2n) is 5.48. The highest BCUT2D eigenvalue weighted by Gasteiger charge is 2.46. The van der Waals surface area contributed by atoms with Crippen molar-refractivity contribution in [2.75, 3.05) is 0 Å². The van der Waals surface area contributed by atoms with Crippen molar-refractivity contribution in [2.24, 2.45) is 5.73 Å². The number of rotatable bonds is 4. The summed E-state index contributed by atoms with van der Waals surface area (Å²) >= 11 is 1.14. The topological polar surface area (TPSA) is 72.6 Å². The zero-order valence-electron chi connectivity index (χ0n) is 11.9. The van der Waals surface area contributed by atoms with Crippen molar-refractivity contribution >= 4 is 23.6 Å². The SMILES string of the molecule is CCCCC(=O)C1(N)SC=CN1C(=O)OC(C)(C)C. The molecule has 2 N–H and O–H groups in total.